The highest BCUT2D eigenvalue weighted by molar-refractivity contribution is 9.09. The molecule has 0 saturated heterocycles. The van der Waals surface area contributed by atoms with Crippen molar-refractivity contribution in [1.29, 1.82) is 0 Å². The van der Waals surface area contributed by atoms with Crippen molar-refractivity contribution in [3.63, 3.8) is 0 Å². The van der Waals surface area contributed by atoms with Gasteiger partial charge in [0.05, 0.1) is 6.61 Å². The van der Waals surface area contributed by atoms with Gasteiger partial charge in [-0.05, 0) is 23.3 Å². The van der Waals surface area contributed by atoms with Crippen LogP contribution in [-0.4, -0.2) is 11.9 Å². The lowest BCUT2D eigenvalue weighted by Crippen LogP contribution is -2.02. The molecule has 0 aromatic heterocycles. The van der Waals surface area contributed by atoms with E-state index in [1.54, 1.807) is 0 Å². The van der Waals surface area contributed by atoms with Crippen LogP contribution in [0.25, 0.3) is 0 Å². The van der Waals surface area contributed by atoms with Gasteiger partial charge in [0.25, 0.3) is 0 Å². The molecule has 3 heteroatoms. The number of alkyl halides is 1. The van der Waals surface area contributed by atoms with Gasteiger partial charge >= 0.3 is 0 Å². The summed E-state index contributed by atoms with van der Waals surface area (Å²) >= 11 is 3.39. The largest absolute Gasteiger partial charge is 0.492 e. The SMILES string of the molecule is BrCCOc1cccc2c1Cc1ccccc1CO2. The Morgan fingerprint density at radius 3 is 2.74 bits per heavy atom. The van der Waals surface area contributed by atoms with E-state index in [-0.39, 0.29) is 0 Å². The molecule has 98 valence electrons. The van der Waals surface area contributed by atoms with E-state index < -0.39 is 0 Å². The van der Waals surface area contributed by atoms with Crippen LogP contribution in [0.3, 0.4) is 0 Å². The number of fused-ring (bicyclic) bond motifs is 2. The van der Waals surface area contributed by atoms with Crippen LogP contribution in [0.15, 0.2) is 42.5 Å². The van der Waals surface area contributed by atoms with Crippen molar-refractivity contribution in [2.75, 3.05) is 11.9 Å². The monoisotopic (exact) mass is 318 g/mol. The molecule has 19 heavy (non-hydrogen) atoms. The zero-order valence-corrected chi connectivity index (χ0v) is 12.2. The maximum atomic E-state index is 5.90. The molecule has 2 aromatic rings. The first kappa shape index (κ1) is 12.5. The highest BCUT2D eigenvalue weighted by Gasteiger charge is 2.17. The molecule has 0 N–H and O–H groups in total. The third-order valence-corrected chi connectivity index (χ3v) is 3.62. The molecule has 0 spiro atoms. The predicted octanol–water partition coefficient (Wildman–Crippen LogP) is 3.94. The summed E-state index contributed by atoms with van der Waals surface area (Å²) in [5.74, 6) is 1.86. The Balaban J connectivity index is 1.99. The molecule has 1 aliphatic rings. The number of benzene rings is 2. The van der Waals surface area contributed by atoms with Crippen LogP contribution < -0.4 is 9.47 Å². The molecular weight excluding hydrogens is 304 g/mol. The number of hydrogen-bond donors (Lipinski definition) is 0. The van der Waals surface area contributed by atoms with Gasteiger partial charge in [-0.2, -0.15) is 0 Å². The van der Waals surface area contributed by atoms with Crippen molar-refractivity contribution in [2.45, 2.75) is 13.0 Å². The van der Waals surface area contributed by atoms with Crippen LogP contribution in [0, 0.1) is 0 Å². The summed E-state index contributed by atoms with van der Waals surface area (Å²) < 4.78 is 11.7. The minimum absolute atomic E-state index is 0.630. The molecule has 0 aliphatic carbocycles. The average Bonchev–Trinajstić information content (AvgIpc) is 2.64. The second-order valence-corrected chi connectivity index (χ2v) is 5.30. The second kappa shape index (κ2) is 5.66. The fourth-order valence-corrected chi connectivity index (χ4v) is 2.52. The maximum Gasteiger partial charge on any atom is 0.127 e. The van der Waals surface area contributed by atoms with E-state index in [1.165, 1.54) is 11.1 Å². The van der Waals surface area contributed by atoms with Crippen molar-refractivity contribution in [2.24, 2.45) is 0 Å². The lowest BCUT2D eigenvalue weighted by atomic mass is 10.00. The molecule has 3 rings (SSSR count). The summed E-state index contributed by atoms with van der Waals surface area (Å²) in [4.78, 5) is 0. The first-order valence-corrected chi connectivity index (χ1v) is 7.51. The van der Waals surface area contributed by atoms with E-state index in [0.29, 0.717) is 13.2 Å². The van der Waals surface area contributed by atoms with Crippen molar-refractivity contribution >= 4 is 15.9 Å². The molecule has 0 amide bonds. The first-order chi connectivity index (χ1) is 9.38. The number of halogens is 1. The summed E-state index contributed by atoms with van der Waals surface area (Å²) in [5, 5.41) is 0.827. The molecule has 2 nitrogen and oxygen atoms in total. The lowest BCUT2D eigenvalue weighted by Gasteiger charge is -2.12. The number of ether oxygens (including phenoxy) is 2. The van der Waals surface area contributed by atoms with Crippen LogP contribution in [0.2, 0.25) is 0 Å². The fraction of sp³-hybridized carbons (Fsp3) is 0.250. The topological polar surface area (TPSA) is 18.5 Å². The van der Waals surface area contributed by atoms with Crippen molar-refractivity contribution in [3.05, 3.63) is 59.2 Å². The van der Waals surface area contributed by atoms with Gasteiger partial charge in [0.15, 0.2) is 0 Å². The summed E-state index contributed by atoms with van der Waals surface area (Å²) in [7, 11) is 0. The molecule has 0 radical (unpaired) electrons. The first-order valence-electron chi connectivity index (χ1n) is 6.38. The molecule has 0 unspecified atom stereocenters. The Morgan fingerprint density at radius 1 is 1.05 bits per heavy atom. The average molecular weight is 319 g/mol. The van der Waals surface area contributed by atoms with E-state index in [1.807, 2.05) is 18.2 Å². The molecule has 1 aliphatic heterocycles. The minimum Gasteiger partial charge on any atom is -0.492 e. The van der Waals surface area contributed by atoms with Gasteiger partial charge in [0.1, 0.15) is 18.1 Å². The zero-order valence-electron chi connectivity index (χ0n) is 10.6. The van der Waals surface area contributed by atoms with Crippen molar-refractivity contribution < 1.29 is 9.47 Å². The van der Waals surface area contributed by atoms with Gasteiger partial charge in [0.2, 0.25) is 0 Å². The predicted molar refractivity (Wildman–Crippen MR) is 79.3 cm³/mol. The highest BCUT2D eigenvalue weighted by atomic mass is 79.9. The van der Waals surface area contributed by atoms with Gasteiger partial charge in [-0.25, -0.2) is 0 Å². The Labute approximate surface area is 121 Å². The van der Waals surface area contributed by atoms with Crippen molar-refractivity contribution in [3.8, 4) is 11.5 Å². The summed E-state index contributed by atoms with van der Waals surface area (Å²) in [6.07, 6.45) is 0.865. The standard InChI is InChI=1S/C16H15BrO2/c17-8-9-18-15-6-3-7-16-14(15)10-12-4-1-2-5-13(12)11-19-16/h1-7H,8-11H2. The van der Waals surface area contributed by atoms with Crippen LogP contribution in [-0.2, 0) is 13.0 Å². The summed E-state index contributed by atoms with van der Waals surface area (Å²) in [6, 6.07) is 14.4. The molecule has 0 bridgehead atoms. The van der Waals surface area contributed by atoms with Gasteiger partial charge in [0, 0.05) is 17.3 Å². The Hall–Kier alpha value is -1.48. The molecule has 0 atom stereocenters. The quantitative estimate of drug-likeness (QED) is 0.798. The third kappa shape index (κ3) is 2.61. The van der Waals surface area contributed by atoms with Crippen LogP contribution >= 0.6 is 15.9 Å². The van der Waals surface area contributed by atoms with Gasteiger partial charge in [-0.15, -0.1) is 0 Å². The molecule has 1 heterocycles. The van der Waals surface area contributed by atoms with Crippen molar-refractivity contribution in [1.82, 2.24) is 0 Å². The summed E-state index contributed by atoms with van der Waals surface area (Å²) in [5.41, 5.74) is 3.72. The van der Waals surface area contributed by atoms with Crippen LogP contribution in [0.5, 0.6) is 11.5 Å². The molecular formula is C16H15BrO2. The van der Waals surface area contributed by atoms with Crippen LogP contribution in [0.4, 0.5) is 0 Å². The smallest absolute Gasteiger partial charge is 0.127 e. The van der Waals surface area contributed by atoms with Crippen LogP contribution in [0.1, 0.15) is 16.7 Å². The lowest BCUT2D eigenvalue weighted by molar-refractivity contribution is 0.300. The van der Waals surface area contributed by atoms with Gasteiger partial charge < -0.3 is 9.47 Å². The van der Waals surface area contributed by atoms with Gasteiger partial charge in [-0.1, -0.05) is 46.3 Å². The van der Waals surface area contributed by atoms with E-state index in [4.69, 9.17) is 9.47 Å². The zero-order chi connectivity index (χ0) is 13.1. The third-order valence-electron chi connectivity index (χ3n) is 3.29. The second-order valence-electron chi connectivity index (χ2n) is 4.50. The maximum absolute atomic E-state index is 5.90. The van der Waals surface area contributed by atoms with E-state index >= 15 is 0 Å². The highest BCUT2D eigenvalue weighted by Crippen LogP contribution is 2.34. The van der Waals surface area contributed by atoms with Gasteiger partial charge in [-0.3, -0.25) is 0 Å². The Morgan fingerprint density at radius 2 is 1.89 bits per heavy atom. The number of hydrogen-bond acceptors (Lipinski definition) is 2. The minimum atomic E-state index is 0.630. The molecule has 0 fully saturated rings. The fourth-order valence-electron chi connectivity index (χ4n) is 2.36. The molecule has 2 aromatic carbocycles. The van der Waals surface area contributed by atoms with E-state index in [9.17, 15) is 0 Å². The van der Waals surface area contributed by atoms with E-state index in [2.05, 4.69) is 40.2 Å². The Kier molecular flexibility index (Phi) is 3.74. The van der Waals surface area contributed by atoms with E-state index in [0.717, 1.165) is 28.8 Å². The number of rotatable bonds is 3. The summed E-state index contributed by atoms with van der Waals surface area (Å²) in [6.45, 7) is 1.29. The normalized spacial score (nSPS) is 12.9. The Bertz CT molecular complexity index is 581. The molecule has 0 saturated carbocycles.